The van der Waals surface area contributed by atoms with Crippen LogP contribution in [0.2, 0.25) is 0 Å². The largest absolute Gasteiger partial charge is 0.505 e. The fourth-order valence-electron chi connectivity index (χ4n) is 1.66. The van der Waals surface area contributed by atoms with Crippen LogP contribution in [-0.2, 0) is 6.54 Å². The lowest BCUT2D eigenvalue weighted by molar-refractivity contribution is -0.384. The Bertz CT molecular complexity index is 662. The van der Waals surface area contributed by atoms with Gasteiger partial charge in [0.15, 0.2) is 11.6 Å². The molecule has 2 N–H and O–H groups in total. The van der Waals surface area contributed by atoms with Gasteiger partial charge in [-0.15, -0.1) is 0 Å². The van der Waals surface area contributed by atoms with Crippen molar-refractivity contribution in [3.8, 4) is 5.75 Å². The minimum absolute atomic E-state index is 0.0678. The van der Waals surface area contributed by atoms with Crippen molar-refractivity contribution in [2.45, 2.75) is 6.54 Å². The van der Waals surface area contributed by atoms with E-state index in [1.807, 2.05) is 0 Å². The summed E-state index contributed by atoms with van der Waals surface area (Å²) in [5, 5.41) is 22.7. The van der Waals surface area contributed by atoms with Crippen LogP contribution in [0, 0.1) is 21.7 Å². The second-order valence-corrected chi connectivity index (χ2v) is 4.02. The van der Waals surface area contributed by atoms with Gasteiger partial charge in [0.25, 0.3) is 5.69 Å². The van der Waals surface area contributed by atoms with Crippen LogP contribution >= 0.6 is 0 Å². The second kappa shape index (κ2) is 5.52. The van der Waals surface area contributed by atoms with Crippen molar-refractivity contribution in [3.63, 3.8) is 0 Å². The maximum Gasteiger partial charge on any atom is 0.271 e. The molecule has 0 aromatic heterocycles. The molecule has 0 unspecified atom stereocenters. The SMILES string of the molecule is O=[N+]([O-])c1ccc(F)c(NCc2cccc(F)c2O)c1. The predicted octanol–water partition coefficient (Wildman–Crippen LogP) is 3.19. The molecular weight excluding hydrogens is 270 g/mol. The van der Waals surface area contributed by atoms with Crippen molar-refractivity contribution in [3.05, 3.63) is 63.7 Å². The monoisotopic (exact) mass is 280 g/mol. The fraction of sp³-hybridized carbons (Fsp3) is 0.0769. The van der Waals surface area contributed by atoms with E-state index in [0.29, 0.717) is 0 Å². The van der Waals surface area contributed by atoms with Gasteiger partial charge in [0.05, 0.1) is 10.6 Å². The fourth-order valence-corrected chi connectivity index (χ4v) is 1.66. The molecule has 0 radical (unpaired) electrons. The Morgan fingerprint density at radius 1 is 1.20 bits per heavy atom. The van der Waals surface area contributed by atoms with E-state index in [4.69, 9.17) is 0 Å². The van der Waals surface area contributed by atoms with Crippen LogP contribution in [0.4, 0.5) is 20.2 Å². The van der Waals surface area contributed by atoms with Gasteiger partial charge in [-0.25, -0.2) is 8.78 Å². The van der Waals surface area contributed by atoms with Gasteiger partial charge in [0.1, 0.15) is 5.82 Å². The van der Waals surface area contributed by atoms with Crippen molar-refractivity contribution < 1.29 is 18.8 Å². The van der Waals surface area contributed by atoms with Crippen LogP contribution in [0.15, 0.2) is 36.4 Å². The van der Waals surface area contributed by atoms with E-state index in [1.165, 1.54) is 12.1 Å². The molecule has 0 bridgehead atoms. The van der Waals surface area contributed by atoms with E-state index >= 15 is 0 Å². The Hall–Kier alpha value is -2.70. The zero-order chi connectivity index (χ0) is 14.7. The molecule has 0 saturated heterocycles. The summed E-state index contributed by atoms with van der Waals surface area (Å²) in [6, 6.07) is 6.99. The van der Waals surface area contributed by atoms with E-state index in [2.05, 4.69) is 5.32 Å². The first kappa shape index (κ1) is 13.7. The number of nitrogens with one attached hydrogen (secondary N) is 1. The first-order chi connectivity index (χ1) is 9.49. The summed E-state index contributed by atoms with van der Waals surface area (Å²) in [5.41, 5.74) is -0.142. The topological polar surface area (TPSA) is 75.4 Å². The first-order valence-electron chi connectivity index (χ1n) is 5.63. The highest BCUT2D eigenvalue weighted by molar-refractivity contribution is 5.53. The lowest BCUT2D eigenvalue weighted by atomic mass is 10.2. The van der Waals surface area contributed by atoms with E-state index in [0.717, 1.165) is 24.3 Å². The van der Waals surface area contributed by atoms with E-state index in [1.54, 1.807) is 0 Å². The number of para-hydroxylation sites is 1. The van der Waals surface area contributed by atoms with E-state index < -0.39 is 22.3 Å². The van der Waals surface area contributed by atoms with Gasteiger partial charge in [-0.05, 0) is 12.1 Å². The summed E-state index contributed by atoms with van der Waals surface area (Å²) in [5.74, 6) is -2.00. The number of phenols is 1. The number of nitro benzene ring substituents is 1. The highest BCUT2D eigenvalue weighted by Gasteiger charge is 2.12. The number of benzene rings is 2. The molecule has 0 fully saturated rings. The number of halogens is 2. The van der Waals surface area contributed by atoms with Crippen LogP contribution in [0.3, 0.4) is 0 Å². The zero-order valence-corrected chi connectivity index (χ0v) is 10.1. The normalized spacial score (nSPS) is 10.3. The Labute approximate surface area is 112 Å². The summed E-state index contributed by atoms with van der Waals surface area (Å²) in [7, 11) is 0. The first-order valence-corrected chi connectivity index (χ1v) is 5.63. The summed E-state index contributed by atoms with van der Waals surface area (Å²) >= 11 is 0. The van der Waals surface area contributed by atoms with Crippen LogP contribution < -0.4 is 5.32 Å². The number of nitro groups is 1. The van der Waals surface area contributed by atoms with E-state index in [9.17, 15) is 24.0 Å². The van der Waals surface area contributed by atoms with Crippen molar-refractivity contribution in [2.24, 2.45) is 0 Å². The molecule has 7 heteroatoms. The van der Waals surface area contributed by atoms with Crippen molar-refractivity contribution in [2.75, 3.05) is 5.32 Å². The van der Waals surface area contributed by atoms with Gasteiger partial charge in [-0.2, -0.15) is 0 Å². The number of hydrogen-bond donors (Lipinski definition) is 2. The molecule has 5 nitrogen and oxygen atoms in total. The number of hydrogen-bond acceptors (Lipinski definition) is 4. The minimum Gasteiger partial charge on any atom is -0.505 e. The summed E-state index contributed by atoms with van der Waals surface area (Å²) < 4.78 is 26.6. The molecule has 0 aliphatic carbocycles. The predicted molar refractivity (Wildman–Crippen MR) is 68.4 cm³/mol. The Morgan fingerprint density at radius 3 is 2.65 bits per heavy atom. The molecule has 0 aliphatic rings. The smallest absolute Gasteiger partial charge is 0.271 e. The lowest BCUT2D eigenvalue weighted by Gasteiger charge is -2.09. The Morgan fingerprint density at radius 2 is 1.95 bits per heavy atom. The number of phenolic OH excluding ortho intramolecular Hbond substituents is 1. The van der Waals surface area contributed by atoms with Gasteiger partial charge in [0, 0.05) is 24.2 Å². The maximum atomic E-state index is 13.5. The van der Waals surface area contributed by atoms with Gasteiger partial charge in [-0.1, -0.05) is 12.1 Å². The summed E-state index contributed by atoms with van der Waals surface area (Å²) in [4.78, 5) is 9.95. The molecule has 0 heterocycles. The van der Waals surface area contributed by atoms with Crippen LogP contribution in [-0.4, -0.2) is 10.0 Å². The van der Waals surface area contributed by atoms with Crippen molar-refractivity contribution in [1.29, 1.82) is 0 Å². The molecule has 20 heavy (non-hydrogen) atoms. The third-order valence-electron chi connectivity index (χ3n) is 2.70. The molecule has 104 valence electrons. The van der Waals surface area contributed by atoms with Gasteiger partial charge >= 0.3 is 0 Å². The number of rotatable bonds is 4. The number of nitrogens with zero attached hydrogens (tertiary/aromatic N) is 1. The number of non-ortho nitro benzene ring substituents is 1. The summed E-state index contributed by atoms with van der Waals surface area (Å²) in [6.07, 6.45) is 0. The van der Waals surface area contributed by atoms with Gasteiger partial charge in [0.2, 0.25) is 0 Å². The third kappa shape index (κ3) is 2.82. The molecule has 0 aliphatic heterocycles. The molecule has 0 saturated carbocycles. The highest BCUT2D eigenvalue weighted by atomic mass is 19.1. The van der Waals surface area contributed by atoms with Gasteiger partial charge in [-0.3, -0.25) is 10.1 Å². The zero-order valence-electron chi connectivity index (χ0n) is 10.1. The Kier molecular flexibility index (Phi) is 3.79. The third-order valence-corrected chi connectivity index (χ3v) is 2.70. The van der Waals surface area contributed by atoms with Crippen molar-refractivity contribution >= 4 is 11.4 Å². The maximum absolute atomic E-state index is 13.5. The second-order valence-electron chi connectivity index (χ2n) is 4.02. The van der Waals surface area contributed by atoms with Crippen molar-refractivity contribution in [1.82, 2.24) is 0 Å². The van der Waals surface area contributed by atoms with Crippen LogP contribution in [0.1, 0.15) is 5.56 Å². The molecule has 0 spiro atoms. The molecule has 2 aromatic rings. The minimum atomic E-state index is -0.788. The van der Waals surface area contributed by atoms with Crippen LogP contribution in [0.25, 0.3) is 0 Å². The van der Waals surface area contributed by atoms with Crippen LogP contribution in [0.5, 0.6) is 5.75 Å². The number of anilines is 1. The number of aromatic hydroxyl groups is 1. The molecule has 2 aromatic carbocycles. The quantitative estimate of drug-likeness (QED) is 0.666. The Balaban J connectivity index is 2.20. The lowest BCUT2D eigenvalue weighted by Crippen LogP contribution is -2.03. The molecule has 2 rings (SSSR count). The average molecular weight is 280 g/mol. The van der Waals surface area contributed by atoms with Gasteiger partial charge < -0.3 is 10.4 Å². The van der Waals surface area contributed by atoms with E-state index in [-0.39, 0.29) is 23.5 Å². The molecule has 0 amide bonds. The standard InChI is InChI=1S/C13H10F2N2O3/c14-10-5-4-9(17(19)20)6-12(10)16-7-8-2-1-3-11(15)13(8)18/h1-6,16,18H,7H2. The molecular formula is C13H10F2N2O3. The molecule has 0 atom stereocenters. The highest BCUT2D eigenvalue weighted by Crippen LogP contribution is 2.24. The average Bonchev–Trinajstić information content (AvgIpc) is 2.41. The summed E-state index contributed by atoms with van der Waals surface area (Å²) in [6.45, 7) is -0.0678.